The number of rotatable bonds is 7. The van der Waals surface area contributed by atoms with Crippen molar-refractivity contribution in [3.8, 4) is 11.4 Å². The molecule has 2 aliphatic carbocycles. The third kappa shape index (κ3) is 4.97. The SMILES string of the molecule is CC1=CC=CC=C(n2c(-c3ccc([CH-]C(C)C(C)C(C)(C)C(F)(F)F)cn3)c(N)c3ccc(C4CC4)cc32)C1C. The second kappa shape index (κ2) is 10.2. The van der Waals surface area contributed by atoms with Gasteiger partial charge in [-0.15, -0.1) is 0 Å². The summed E-state index contributed by atoms with van der Waals surface area (Å²) in [6.45, 7) is 10.4. The Morgan fingerprint density at radius 3 is 2.38 bits per heavy atom. The Kier molecular flexibility index (Phi) is 7.18. The monoisotopic (exact) mass is 546 g/mol. The van der Waals surface area contributed by atoms with E-state index in [-0.39, 0.29) is 11.8 Å². The fourth-order valence-electron chi connectivity index (χ4n) is 5.68. The van der Waals surface area contributed by atoms with E-state index in [1.165, 1.54) is 37.8 Å². The lowest BCUT2D eigenvalue weighted by Crippen LogP contribution is -2.40. The van der Waals surface area contributed by atoms with Crippen LogP contribution in [0.1, 0.15) is 71.4 Å². The Hall–Kier alpha value is -3.41. The minimum absolute atomic E-state index is 0.167. The Bertz CT molecular complexity index is 1500. The highest BCUT2D eigenvalue weighted by atomic mass is 19.4. The van der Waals surface area contributed by atoms with Crippen LogP contribution >= 0.6 is 0 Å². The zero-order chi connectivity index (χ0) is 29.0. The standard InChI is InChI=1S/C34H39F3N3/c1-20-9-7-8-10-29(22(20)3)40-30-18-26(25-12-13-25)14-15-27(30)31(38)32(40)28-16-11-24(19-39-28)17-21(2)23(4)33(5,6)34(35,36)37/h7-11,14-19,21-23,25H,12-13,38H2,1-6H3/q-1. The molecule has 212 valence electrons. The van der Waals surface area contributed by atoms with E-state index in [0.29, 0.717) is 11.6 Å². The summed E-state index contributed by atoms with van der Waals surface area (Å²) in [4.78, 5) is 4.81. The highest BCUT2D eigenvalue weighted by molar-refractivity contribution is 6.03. The van der Waals surface area contributed by atoms with Crippen LogP contribution in [0.25, 0.3) is 28.0 Å². The van der Waals surface area contributed by atoms with Gasteiger partial charge in [0.2, 0.25) is 0 Å². The number of pyridine rings is 1. The summed E-state index contributed by atoms with van der Waals surface area (Å²) in [5.74, 6) is -0.112. The third-order valence-corrected chi connectivity index (χ3v) is 9.34. The van der Waals surface area contributed by atoms with Crippen LogP contribution in [-0.4, -0.2) is 15.7 Å². The van der Waals surface area contributed by atoms with Gasteiger partial charge in [0.25, 0.3) is 0 Å². The highest BCUT2D eigenvalue weighted by Crippen LogP contribution is 2.48. The number of allylic oxidation sites excluding steroid dienone is 6. The summed E-state index contributed by atoms with van der Waals surface area (Å²) in [6.07, 6.45) is 10.2. The number of hydrogen-bond donors (Lipinski definition) is 1. The van der Waals surface area contributed by atoms with Crippen molar-refractivity contribution in [3.63, 3.8) is 0 Å². The van der Waals surface area contributed by atoms with Crippen LogP contribution in [0.15, 0.2) is 66.4 Å². The predicted molar refractivity (Wildman–Crippen MR) is 159 cm³/mol. The molecule has 2 N–H and O–H groups in total. The molecular formula is C34H39F3N3-. The van der Waals surface area contributed by atoms with Crippen molar-refractivity contribution in [3.05, 3.63) is 84.0 Å². The maximum atomic E-state index is 13.6. The molecule has 1 saturated carbocycles. The topological polar surface area (TPSA) is 43.8 Å². The molecule has 0 saturated heterocycles. The summed E-state index contributed by atoms with van der Waals surface area (Å²) in [5, 5.41) is 0.997. The van der Waals surface area contributed by atoms with E-state index in [0.717, 1.165) is 33.6 Å². The average Bonchev–Trinajstić information content (AvgIpc) is 3.73. The van der Waals surface area contributed by atoms with Gasteiger partial charge < -0.3 is 15.3 Å². The van der Waals surface area contributed by atoms with Crippen LogP contribution in [0.5, 0.6) is 0 Å². The minimum atomic E-state index is -4.27. The van der Waals surface area contributed by atoms with Crippen LogP contribution in [0.3, 0.4) is 0 Å². The third-order valence-electron chi connectivity index (χ3n) is 9.34. The first-order valence-electron chi connectivity index (χ1n) is 14.2. The molecule has 2 heterocycles. The molecular weight excluding hydrogens is 507 g/mol. The fraction of sp³-hybridized carbons (Fsp3) is 0.412. The van der Waals surface area contributed by atoms with Gasteiger partial charge in [-0.25, -0.2) is 0 Å². The van der Waals surface area contributed by atoms with Gasteiger partial charge in [-0.1, -0.05) is 88.7 Å². The second-order valence-electron chi connectivity index (χ2n) is 12.3. The molecule has 0 radical (unpaired) electrons. The van der Waals surface area contributed by atoms with Crippen LogP contribution in [0.2, 0.25) is 0 Å². The fourth-order valence-corrected chi connectivity index (χ4v) is 5.68. The van der Waals surface area contributed by atoms with Gasteiger partial charge in [0.15, 0.2) is 0 Å². The van der Waals surface area contributed by atoms with Crippen molar-refractivity contribution in [2.24, 2.45) is 23.2 Å². The van der Waals surface area contributed by atoms with E-state index in [1.54, 1.807) is 13.1 Å². The molecule has 3 unspecified atom stereocenters. The van der Waals surface area contributed by atoms with E-state index in [2.05, 4.69) is 60.9 Å². The molecule has 0 bridgehead atoms. The van der Waals surface area contributed by atoms with Gasteiger partial charge in [-0.3, -0.25) is 0 Å². The van der Waals surface area contributed by atoms with E-state index >= 15 is 0 Å². The van der Waals surface area contributed by atoms with Crippen molar-refractivity contribution >= 4 is 22.3 Å². The number of hydrogen-bond acceptors (Lipinski definition) is 2. The number of aromatic nitrogens is 2. The molecule has 2 aliphatic rings. The number of benzene rings is 1. The van der Waals surface area contributed by atoms with E-state index in [1.807, 2.05) is 25.5 Å². The van der Waals surface area contributed by atoms with Crippen LogP contribution in [0.4, 0.5) is 18.9 Å². The van der Waals surface area contributed by atoms with Gasteiger partial charge in [-0.05, 0) is 49.3 Å². The molecule has 3 nitrogen and oxygen atoms in total. The number of nitrogens with two attached hydrogens (primary N) is 1. The zero-order valence-corrected chi connectivity index (χ0v) is 24.2. The van der Waals surface area contributed by atoms with Crippen molar-refractivity contribution in [1.29, 1.82) is 0 Å². The first kappa shape index (κ1) is 28.1. The van der Waals surface area contributed by atoms with Crippen LogP contribution < -0.4 is 5.73 Å². The van der Waals surface area contributed by atoms with Crippen molar-refractivity contribution in [1.82, 2.24) is 9.55 Å². The van der Waals surface area contributed by atoms with E-state index < -0.39 is 17.5 Å². The van der Waals surface area contributed by atoms with E-state index in [9.17, 15) is 13.2 Å². The molecule has 2 aromatic heterocycles. The van der Waals surface area contributed by atoms with Gasteiger partial charge >= 0.3 is 6.18 Å². The lowest BCUT2D eigenvalue weighted by molar-refractivity contribution is -0.231. The molecule has 40 heavy (non-hydrogen) atoms. The predicted octanol–water partition coefficient (Wildman–Crippen LogP) is 9.57. The molecule has 3 atom stereocenters. The lowest BCUT2D eigenvalue weighted by Gasteiger charge is -2.39. The Morgan fingerprint density at radius 2 is 1.75 bits per heavy atom. The summed E-state index contributed by atoms with van der Waals surface area (Å²) < 4.78 is 43.2. The van der Waals surface area contributed by atoms with Crippen LogP contribution in [0, 0.1) is 29.6 Å². The number of alkyl halides is 3. The molecule has 6 heteroatoms. The van der Waals surface area contributed by atoms with Crippen molar-refractivity contribution < 1.29 is 13.2 Å². The van der Waals surface area contributed by atoms with Gasteiger partial charge in [0.05, 0.1) is 28.0 Å². The maximum absolute atomic E-state index is 13.6. The summed E-state index contributed by atoms with van der Waals surface area (Å²) in [6, 6.07) is 10.5. The Labute approximate surface area is 235 Å². The molecule has 0 spiro atoms. The number of halogens is 3. The highest BCUT2D eigenvalue weighted by Gasteiger charge is 2.51. The summed E-state index contributed by atoms with van der Waals surface area (Å²) in [5.41, 5.74) is 12.9. The normalized spacial score (nSPS) is 19.7. The summed E-state index contributed by atoms with van der Waals surface area (Å²) in [7, 11) is 0. The van der Waals surface area contributed by atoms with Gasteiger partial charge in [0.1, 0.15) is 0 Å². The largest absolute Gasteiger partial charge is 0.396 e. The second-order valence-corrected chi connectivity index (χ2v) is 12.3. The van der Waals surface area contributed by atoms with Crippen LogP contribution in [-0.2, 0) is 0 Å². The number of fused-ring (bicyclic) bond motifs is 1. The average molecular weight is 547 g/mol. The molecule has 5 rings (SSSR count). The Morgan fingerprint density at radius 1 is 1.05 bits per heavy atom. The zero-order valence-electron chi connectivity index (χ0n) is 24.2. The first-order valence-corrected chi connectivity index (χ1v) is 14.2. The minimum Gasteiger partial charge on any atom is -0.396 e. The molecule has 0 aliphatic heterocycles. The number of nitrogens with zero attached hydrogens (tertiary/aromatic N) is 2. The number of anilines is 1. The Balaban J connectivity index is 1.55. The molecule has 1 aromatic carbocycles. The lowest BCUT2D eigenvalue weighted by atomic mass is 9.71. The first-order chi connectivity index (χ1) is 18.8. The maximum Gasteiger partial charge on any atom is 0.394 e. The molecule has 3 aromatic rings. The number of nitrogen functional groups attached to an aromatic ring is 1. The van der Waals surface area contributed by atoms with Crippen molar-refractivity contribution in [2.45, 2.75) is 66.5 Å². The van der Waals surface area contributed by atoms with Crippen molar-refractivity contribution in [2.75, 3.05) is 5.73 Å². The van der Waals surface area contributed by atoms with Gasteiger partial charge in [0, 0.05) is 17.0 Å². The molecule has 0 amide bonds. The molecule has 1 fully saturated rings. The smallest absolute Gasteiger partial charge is 0.394 e. The summed E-state index contributed by atoms with van der Waals surface area (Å²) >= 11 is 0. The van der Waals surface area contributed by atoms with E-state index in [4.69, 9.17) is 10.7 Å². The van der Waals surface area contributed by atoms with Gasteiger partial charge in [-0.2, -0.15) is 31.2 Å². The quantitative estimate of drug-likeness (QED) is 0.300.